The first kappa shape index (κ1) is 40.2. The molecule has 0 heterocycles. The zero-order valence-corrected chi connectivity index (χ0v) is 39.7. The van der Waals surface area contributed by atoms with E-state index in [1.54, 1.807) is 0 Å². The molecule has 0 saturated heterocycles. The molecule has 1 nitrogen and oxygen atoms in total. The second-order valence-electron chi connectivity index (χ2n) is 20.0. The smallest absolute Gasteiger partial charge is 0.0463 e. The fraction of sp³-hybridized carbons (Fsp3) is 0. The lowest BCUT2D eigenvalue weighted by Gasteiger charge is -2.19. The second kappa shape index (κ2) is 15.5. The van der Waals surface area contributed by atoms with E-state index in [0.29, 0.717) is 0 Å². The molecule has 0 radical (unpaired) electrons. The molecule has 0 aliphatic rings. The number of benzene rings is 16. The van der Waals surface area contributed by atoms with E-state index in [9.17, 15) is 0 Å². The van der Waals surface area contributed by atoms with Crippen LogP contribution in [-0.4, -0.2) is 0 Å². The summed E-state index contributed by atoms with van der Waals surface area (Å²) in [7, 11) is 0. The molecule has 16 aromatic rings. The van der Waals surface area contributed by atoms with Gasteiger partial charge in [-0.2, -0.15) is 0 Å². The van der Waals surface area contributed by atoms with Crippen molar-refractivity contribution in [1.29, 1.82) is 0 Å². The van der Waals surface area contributed by atoms with Crippen molar-refractivity contribution >= 4 is 108 Å². The van der Waals surface area contributed by atoms with E-state index in [0.717, 1.165) is 11.4 Å². The maximum absolute atomic E-state index is 3.72. The normalized spacial score (nSPS) is 12.1. The summed E-state index contributed by atoms with van der Waals surface area (Å²) < 4.78 is 0. The van der Waals surface area contributed by atoms with Crippen LogP contribution in [0.2, 0.25) is 0 Å². The minimum Gasteiger partial charge on any atom is -0.355 e. The molecule has 336 valence electrons. The van der Waals surface area contributed by atoms with Gasteiger partial charge in [-0.25, -0.2) is 0 Å². The van der Waals surface area contributed by atoms with Crippen molar-refractivity contribution in [2.75, 3.05) is 5.32 Å². The molecular weight excluding hydrogens is 879 g/mol. The molecule has 16 aromatic carbocycles. The lowest BCUT2D eigenvalue weighted by molar-refractivity contribution is 1.53. The van der Waals surface area contributed by atoms with E-state index in [1.165, 1.54) is 153 Å². The maximum Gasteiger partial charge on any atom is 0.0463 e. The summed E-state index contributed by atoms with van der Waals surface area (Å²) >= 11 is 0. The Morgan fingerprint density at radius 1 is 0.192 bits per heavy atom. The SMILES string of the molecule is c1ccc(-c2ccccc2Nc2ccc(-c3ccc4ccc5c(-c6cc(-c7ccc8ccc9cccc%10ccc7c8c9%10)cc(-c7ccc8ccc9cccc%10ccc7c8c9%10)c6)ccc6ccc3c4c65)cc2)cc1. The zero-order chi connectivity index (χ0) is 47.7. The van der Waals surface area contributed by atoms with Gasteiger partial charge in [0.2, 0.25) is 0 Å². The summed E-state index contributed by atoms with van der Waals surface area (Å²) in [5, 5.41) is 26.9. The highest BCUT2D eigenvalue weighted by Gasteiger charge is 2.20. The van der Waals surface area contributed by atoms with Crippen molar-refractivity contribution in [3.63, 3.8) is 0 Å². The van der Waals surface area contributed by atoms with Gasteiger partial charge < -0.3 is 5.32 Å². The van der Waals surface area contributed by atoms with Gasteiger partial charge in [0.1, 0.15) is 0 Å². The highest BCUT2D eigenvalue weighted by molar-refractivity contribution is 6.29. The third-order valence-corrected chi connectivity index (χ3v) is 16.1. The first-order chi connectivity index (χ1) is 36.2. The minimum atomic E-state index is 1.06. The van der Waals surface area contributed by atoms with Gasteiger partial charge >= 0.3 is 0 Å². The Morgan fingerprint density at radius 3 is 0.959 bits per heavy atom. The van der Waals surface area contributed by atoms with Crippen LogP contribution in [0, 0.1) is 0 Å². The van der Waals surface area contributed by atoms with E-state index in [4.69, 9.17) is 0 Å². The topological polar surface area (TPSA) is 12.0 Å². The standard InChI is InChI=1S/C72H43N/c1-2-8-43(9-3-1)61-14-4-5-15-66(61)73-56-30-20-44(21-31-56)57-32-22-51-29-39-65-60(35-25-52-28-38-62(57)71(51)72(52)65)55-41-53(58-33-23-49-18-16-45-10-6-12-47-26-36-63(58)69(49)67(45)47)40-54(42-55)59-34-24-50-19-17-46-11-7-13-48-27-37-64(59)70(50)68(46)48/h1-42,73H. The van der Waals surface area contributed by atoms with E-state index >= 15 is 0 Å². The maximum atomic E-state index is 3.72. The average Bonchev–Trinajstić information content (AvgIpc) is 3.45. The predicted octanol–water partition coefficient (Wildman–Crippen LogP) is 20.5. The molecule has 1 N–H and O–H groups in total. The van der Waals surface area contributed by atoms with Crippen LogP contribution in [0.15, 0.2) is 255 Å². The van der Waals surface area contributed by atoms with Gasteiger partial charge in [0.05, 0.1) is 0 Å². The Bertz CT molecular complexity index is 4650. The van der Waals surface area contributed by atoms with Crippen LogP contribution >= 0.6 is 0 Å². The monoisotopic (exact) mass is 921 g/mol. The quantitative estimate of drug-likeness (QED) is 0.157. The Balaban J connectivity index is 0.880. The van der Waals surface area contributed by atoms with Crippen molar-refractivity contribution in [3.05, 3.63) is 255 Å². The summed E-state index contributed by atoms with van der Waals surface area (Å²) in [6.45, 7) is 0. The number of rotatable bonds is 7. The molecule has 0 bridgehead atoms. The van der Waals surface area contributed by atoms with Crippen LogP contribution in [0.4, 0.5) is 11.4 Å². The van der Waals surface area contributed by atoms with Crippen LogP contribution in [-0.2, 0) is 0 Å². The highest BCUT2D eigenvalue weighted by Crippen LogP contribution is 2.47. The van der Waals surface area contributed by atoms with Crippen molar-refractivity contribution in [1.82, 2.24) is 0 Å². The summed E-state index contributed by atoms with van der Waals surface area (Å²) in [5.41, 5.74) is 14.3. The Hall–Kier alpha value is -9.56. The summed E-state index contributed by atoms with van der Waals surface area (Å²) in [4.78, 5) is 0. The fourth-order valence-corrected chi connectivity index (χ4v) is 12.7. The summed E-state index contributed by atoms with van der Waals surface area (Å²) in [6.07, 6.45) is 0. The van der Waals surface area contributed by atoms with E-state index in [-0.39, 0.29) is 0 Å². The van der Waals surface area contributed by atoms with E-state index < -0.39 is 0 Å². The van der Waals surface area contributed by atoms with Crippen LogP contribution in [0.1, 0.15) is 0 Å². The van der Waals surface area contributed by atoms with Gasteiger partial charge in [-0.15, -0.1) is 0 Å². The molecule has 0 aliphatic carbocycles. The number of hydrogen-bond donors (Lipinski definition) is 1. The van der Waals surface area contributed by atoms with Crippen LogP contribution in [0.25, 0.3) is 153 Å². The first-order valence-corrected chi connectivity index (χ1v) is 25.4. The van der Waals surface area contributed by atoms with Gasteiger partial charge in [-0.05, 0) is 183 Å². The number of hydrogen-bond acceptors (Lipinski definition) is 1. The average molecular weight is 922 g/mol. The molecule has 0 unspecified atom stereocenters. The molecule has 0 atom stereocenters. The summed E-state index contributed by atoms with van der Waals surface area (Å²) in [6, 6.07) is 95.3. The van der Waals surface area contributed by atoms with Crippen molar-refractivity contribution < 1.29 is 0 Å². The van der Waals surface area contributed by atoms with Gasteiger partial charge in [-0.1, -0.05) is 218 Å². The van der Waals surface area contributed by atoms with Crippen LogP contribution in [0.3, 0.4) is 0 Å². The van der Waals surface area contributed by atoms with Crippen LogP contribution in [0.5, 0.6) is 0 Å². The zero-order valence-electron chi connectivity index (χ0n) is 39.7. The minimum absolute atomic E-state index is 1.06. The molecule has 0 spiro atoms. The molecular formula is C72H43N. The number of nitrogens with one attached hydrogen (secondary N) is 1. The van der Waals surface area contributed by atoms with Gasteiger partial charge in [-0.3, -0.25) is 0 Å². The molecule has 16 rings (SSSR count). The predicted molar refractivity (Wildman–Crippen MR) is 314 cm³/mol. The Kier molecular flexibility index (Phi) is 8.52. The second-order valence-corrected chi connectivity index (χ2v) is 20.0. The van der Waals surface area contributed by atoms with Crippen molar-refractivity contribution in [3.8, 4) is 55.6 Å². The van der Waals surface area contributed by atoms with Crippen LogP contribution < -0.4 is 5.32 Å². The third kappa shape index (κ3) is 6.10. The van der Waals surface area contributed by atoms with E-state index in [2.05, 4.69) is 260 Å². The number of para-hydroxylation sites is 1. The van der Waals surface area contributed by atoms with Crippen molar-refractivity contribution in [2.45, 2.75) is 0 Å². The Morgan fingerprint density at radius 2 is 0.521 bits per heavy atom. The molecule has 0 aromatic heterocycles. The fourth-order valence-electron chi connectivity index (χ4n) is 12.7. The largest absolute Gasteiger partial charge is 0.355 e. The third-order valence-electron chi connectivity index (χ3n) is 16.1. The van der Waals surface area contributed by atoms with Gasteiger partial charge in [0.15, 0.2) is 0 Å². The molecule has 1 heteroatoms. The van der Waals surface area contributed by atoms with Crippen molar-refractivity contribution in [2.24, 2.45) is 0 Å². The molecule has 0 fully saturated rings. The molecule has 0 saturated carbocycles. The number of anilines is 2. The summed E-state index contributed by atoms with van der Waals surface area (Å²) in [5.74, 6) is 0. The highest BCUT2D eigenvalue weighted by atomic mass is 14.9. The molecule has 73 heavy (non-hydrogen) atoms. The lowest BCUT2D eigenvalue weighted by atomic mass is 9.84. The lowest BCUT2D eigenvalue weighted by Crippen LogP contribution is -1.94. The molecule has 0 amide bonds. The molecule has 0 aliphatic heterocycles. The first-order valence-electron chi connectivity index (χ1n) is 25.4. The Labute approximate surface area is 421 Å². The van der Waals surface area contributed by atoms with E-state index in [1.807, 2.05) is 0 Å². The van der Waals surface area contributed by atoms with Gasteiger partial charge in [0.25, 0.3) is 0 Å². The van der Waals surface area contributed by atoms with Gasteiger partial charge in [0, 0.05) is 16.9 Å².